The first-order valence-electron chi connectivity index (χ1n) is 7.76. The van der Waals surface area contributed by atoms with E-state index in [1.807, 2.05) is 0 Å². The summed E-state index contributed by atoms with van der Waals surface area (Å²) in [6.07, 6.45) is 0.550. The second kappa shape index (κ2) is 7.34. The van der Waals surface area contributed by atoms with Crippen LogP contribution in [-0.4, -0.2) is 33.7 Å². The minimum Gasteiger partial charge on any atom is -0.497 e. The molecule has 0 aliphatic carbocycles. The lowest BCUT2D eigenvalue weighted by Crippen LogP contribution is -2.25. The minimum atomic E-state index is -3.34. The summed E-state index contributed by atoms with van der Waals surface area (Å²) in [5.74, 6) is 0.119. The normalized spacial score (nSPS) is 15.7. The van der Waals surface area contributed by atoms with Crippen molar-refractivity contribution in [3.63, 3.8) is 0 Å². The standard InChI is InChI=1S/C17H16Cl2N2O4S/c1-25-14-8-11(18)7-12(9-14)20-17(22)15-10-13(3-4-16(15)19)21-5-2-6-26(21,23)24/h3-4,7-10H,2,5-6H2,1H3,(H,20,22). The van der Waals surface area contributed by atoms with Gasteiger partial charge in [-0.15, -0.1) is 0 Å². The molecule has 138 valence electrons. The molecular formula is C17H16Cl2N2O4S. The zero-order valence-corrected chi connectivity index (χ0v) is 16.2. The highest BCUT2D eigenvalue weighted by Gasteiger charge is 2.29. The fourth-order valence-electron chi connectivity index (χ4n) is 2.72. The van der Waals surface area contributed by atoms with E-state index >= 15 is 0 Å². The average molecular weight is 415 g/mol. The van der Waals surface area contributed by atoms with Gasteiger partial charge in [0.1, 0.15) is 5.75 Å². The Morgan fingerprint density at radius 3 is 2.62 bits per heavy atom. The third-order valence-electron chi connectivity index (χ3n) is 3.95. The number of ether oxygens (including phenoxy) is 1. The fourth-order valence-corrected chi connectivity index (χ4v) is 4.71. The molecule has 3 rings (SSSR count). The molecule has 0 spiro atoms. The van der Waals surface area contributed by atoms with Crippen molar-refractivity contribution in [2.45, 2.75) is 6.42 Å². The smallest absolute Gasteiger partial charge is 0.257 e. The van der Waals surface area contributed by atoms with Crippen molar-refractivity contribution in [3.05, 3.63) is 52.0 Å². The summed E-state index contributed by atoms with van der Waals surface area (Å²) < 4.78 is 30.6. The number of benzene rings is 2. The lowest BCUT2D eigenvalue weighted by molar-refractivity contribution is 0.102. The van der Waals surface area contributed by atoms with Crippen LogP contribution < -0.4 is 14.4 Å². The summed E-state index contributed by atoms with van der Waals surface area (Å²) in [7, 11) is -1.85. The van der Waals surface area contributed by atoms with Gasteiger partial charge in [0, 0.05) is 23.3 Å². The number of sulfonamides is 1. The molecule has 1 amide bonds. The van der Waals surface area contributed by atoms with Crippen molar-refractivity contribution in [2.24, 2.45) is 0 Å². The number of hydrogen-bond donors (Lipinski definition) is 1. The number of amides is 1. The van der Waals surface area contributed by atoms with E-state index in [4.69, 9.17) is 27.9 Å². The first-order chi connectivity index (χ1) is 12.3. The molecule has 6 nitrogen and oxygen atoms in total. The van der Waals surface area contributed by atoms with Crippen LogP contribution in [0.15, 0.2) is 36.4 Å². The van der Waals surface area contributed by atoms with E-state index in [9.17, 15) is 13.2 Å². The maximum Gasteiger partial charge on any atom is 0.257 e. The molecule has 2 aromatic carbocycles. The summed E-state index contributed by atoms with van der Waals surface area (Å²) >= 11 is 12.1. The van der Waals surface area contributed by atoms with E-state index in [0.29, 0.717) is 35.1 Å². The molecule has 1 N–H and O–H groups in total. The molecule has 9 heteroatoms. The third kappa shape index (κ3) is 3.90. The molecule has 1 aliphatic heterocycles. The van der Waals surface area contributed by atoms with Gasteiger partial charge in [0.2, 0.25) is 10.0 Å². The van der Waals surface area contributed by atoms with Crippen molar-refractivity contribution in [3.8, 4) is 5.75 Å². The van der Waals surface area contributed by atoms with Gasteiger partial charge in [-0.3, -0.25) is 9.10 Å². The maximum atomic E-state index is 12.6. The predicted octanol–water partition coefficient (Wildman–Crippen LogP) is 3.79. The monoisotopic (exact) mass is 414 g/mol. The van der Waals surface area contributed by atoms with Crippen molar-refractivity contribution < 1.29 is 17.9 Å². The van der Waals surface area contributed by atoms with E-state index in [0.717, 1.165) is 0 Å². The molecule has 0 aromatic heterocycles. The number of rotatable bonds is 4. The third-order valence-corrected chi connectivity index (χ3v) is 6.36. The van der Waals surface area contributed by atoms with Crippen molar-refractivity contribution >= 4 is 50.5 Å². The Bertz CT molecular complexity index is 963. The molecule has 0 atom stereocenters. The molecule has 26 heavy (non-hydrogen) atoms. The van der Waals surface area contributed by atoms with Gasteiger partial charge < -0.3 is 10.1 Å². The summed E-state index contributed by atoms with van der Waals surface area (Å²) in [4.78, 5) is 12.6. The molecule has 0 unspecified atom stereocenters. The van der Waals surface area contributed by atoms with Crippen LogP contribution in [0.25, 0.3) is 0 Å². The van der Waals surface area contributed by atoms with E-state index < -0.39 is 15.9 Å². The van der Waals surface area contributed by atoms with Crippen molar-refractivity contribution in [2.75, 3.05) is 29.0 Å². The molecule has 0 bridgehead atoms. The number of nitrogens with zero attached hydrogens (tertiary/aromatic N) is 1. The predicted molar refractivity (Wildman–Crippen MR) is 103 cm³/mol. The van der Waals surface area contributed by atoms with Crippen LogP contribution in [-0.2, 0) is 10.0 Å². The van der Waals surface area contributed by atoms with Gasteiger partial charge in [-0.25, -0.2) is 8.42 Å². The van der Waals surface area contributed by atoms with E-state index in [1.54, 1.807) is 24.3 Å². The molecule has 1 saturated heterocycles. The highest BCUT2D eigenvalue weighted by Crippen LogP contribution is 2.30. The molecule has 2 aromatic rings. The molecule has 1 heterocycles. The van der Waals surface area contributed by atoms with E-state index in [-0.39, 0.29) is 16.3 Å². The van der Waals surface area contributed by atoms with Gasteiger partial charge in [0.05, 0.1) is 29.1 Å². The SMILES string of the molecule is COc1cc(Cl)cc(NC(=O)c2cc(N3CCCS3(=O)=O)ccc2Cl)c1. The Morgan fingerprint density at radius 2 is 1.96 bits per heavy atom. The van der Waals surface area contributed by atoms with E-state index in [1.165, 1.54) is 23.5 Å². The number of carbonyl (C=O) groups is 1. The van der Waals surface area contributed by atoms with Gasteiger partial charge in [-0.05, 0) is 36.8 Å². The Labute approximate surface area is 161 Å². The molecule has 0 saturated carbocycles. The number of anilines is 2. The zero-order valence-electron chi connectivity index (χ0n) is 13.8. The summed E-state index contributed by atoms with van der Waals surface area (Å²) in [5, 5.41) is 3.32. The van der Waals surface area contributed by atoms with Crippen LogP contribution in [0.3, 0.4) is 0 Å². The van der Waals surface area contributed by atoms with Crippen LogP contribution in [0, 0.1) is 0 Å². The van der Waals surface area contributed by atoms with Crippen molar-refractivity contribution in [1.82, 2.24) is 0 Å². The largest absolute Gasteiger partial charge is 0.497 e. The molecular weight excluding hydrogens is 399 g/mol. The highest BCUT2D eigenvalue weighted by molar-refractivity contribution is 7.93. The lowest BCUT2D eigenvalue weighted by Gasteiger charge is -2.18. The Morgan fingerprint density at radius 1 is 1.19 bits per heavy atom. The van der Waals surface area contributed by atoms with Gasteiger partial charge in [-0.1, -0.05) is 23.2 Å². The number of hydrogen-bond acceptors (Lipinski definition) is 4. The Hall–Kier alpha value is -1.96. The molecule has 0 radical (unpaired) electrons. The molecule has 1 aliphatic rings. The zero-order chi connectivity index (χ0) is 18.9. The topological polar surface area (TPSA) is 75.7 Å². The number of nitrogens with one attached hydrogen (secondary N) is 1. The van der Waals surface area contributed by atoms with Gasteiger partial charge >= 0.3 is 0 Å². The second-order valence-corrected chi connectivity index (χ2v) is 8.60. The quantitative estimate of drug-likeness (QED) is 0.825. The second-order valence-electron chi connectivity index (χ2n) is 5.74. The summed E-state index contributed by atoms with van der Waals surface area (Å²) in [5.41, 5.74) is 1.03. The Kier molecular flexibility index (Phi) is 5.32. The van der Waals surface area contributed by atoms with Crippen LogP contribution in [0.4, 0.5) is 11.4 Å². The number of halogens is 2. The van der Waals surface area contributed by atoms with Gasteiger partial charge in [0.15, 0.2) is 0 Å². The van der Waals surface area contributed by atoms with Crippen LogP contribution in [0.2, 0.25) is 10.0 Å². The first kappa shape index (κ1) is 18.8. The van der Waals surface area contributed by atoms with Crippen LogP contribution >= 0.6 is 23.2 Å². The summed E-state index contributed by atoms with van der Waals surface area (Å²) in [6.45, 7) is 0.385. The van der Waals surface area contributed by atoms with Crippen LogP contribution in [0.1, 0.15) is 16.8 Å². The minimum absolute atomic E-state index is 0.0967. The van der Waals surface area contributed by atoms with Crippen LogP contribution in [0.5, 0.6) is 5.75 Å². The summed E-state index contributed by atoms with van der Waals surface area (Å²) in [6, 6.07) is 9.38. The van der Waals surface area contributed by atoms with Gasteiger partial charge in [-0.2, -0.15) is 0 Å². The first-order valence-corrected chi connectivity index (χ1v) is 10.1. The molecule has 1 fully saturated rings. The lowest BCUT2D eigenvalue weighted by atomic mass is 10.1. The average Bonchev–Trinajstić information content (AvgIpc) is 2.94. The highest BCUT2D eigenvalue weighted by atomic mass is 35.5. The van der Waals surface area contributed by atoms with Crippen molar-refractivity contribution in [1.29, 1.82) is 0 Å². The fraction of sp³-hybridized carbons (Fsp3) is 0.235. The van der Waals surface area contributed by atoms with Gasteiger partial charge in [0.25, 0.3) is 5.91 Å². The maximum absolute atomic E-state index is 12.6. The van der Waals surface area contributed by atoms with E-state index in [2.05, 4.69) is 5.32 Å². The number of methoxy groups -OCH3 is 1. The Balaban J connectivity index is 1.90. The number of carbonyl (C=O) groups excluding carboxylic acids is 1.